The molecule has 102 valence electrons. The average Bonchev–Trinajstić information content (AvgIpc) is 2.44. The summed E-state index contributed by atoms with van der Waals surface area (Å²) in [5.74, 6) is -0.0361. The summed E-state index contributed by atoms with van der Waals surface area (Å²) in [6.07, 6.45) is 0.862. The molecule has 0 N–H and O–H groups in total. The zero-order valence-electron chi connectivity index (χ0n) is 10.6. The lowest BCUT2D eigenvalue weighted by molar-refractivity contribution is -0.134. The SMILES string of the molecule is CCCC1Oc2c(I)cc(I)cc2C(=O)N(C)C1=O. The van der Waals surface area contributed by atoms with E-state index >= 15 is 0 Å². The van der Waals surface area contributed by atoms with Crippen LogP contribution in [-0.4, -0.2) is 29.9 Å². The molecule has 1 aromatic carbocycles. The number of ether oxygens (including phenoxy) is 1. The van der Waals surface area contributed by atoms with Crippen molar-refractivity contribution in [3.63, 3.8) is 0 Å². The molecule has 0 aliphatic carbocycles. The van der Waals surface area contributed by atoms with Gasteiger partial charge < -0.3 is 4.74 Å². The van der Waals surface area contributed by atoms with Gasteiger partial charge in [0.2, 0.25) is 0 Å². The van der Waals surface area contributed by atoms with Gasteiger partial charge in [-0.1, -0.05) is 13.3 Å². The Hall–Kier alpha value is -0.380. The third kappa shape index (κ3) is 2.88. The van der Waals surface area contributed by atoms with Crippen LogP contribution in [-0.2, 0) is 4.79 Å². The third-order valence-corrected chi connectivity index (χ3v) is 4.38. The van der Waals surface area contributed by atoms with E-state index < -0.39 is 6.10 Å². The van der Waals surface area contributed by atoms with Crippen LogP contribution in [0.15, 0.2) is 12.1 Å². The smallest absolute Gasteiger partial charge is 0.270 e. The first kappa shape index (κ1) is 15.0. The standard InChI is InChI=1S/C13H13I2NO3/c1-3-4-10-13(18)16(2)12(17)8-5-7(14)6-9(15)11(8)19-10/h5-6,10H,3-4H2,1-2H3. The summed E-state index contributed by atoms with van der Waals surface area (Å²) in [5.41, 5.74) is 0.464. The van der Waals surface area contributed by atoms with Gasteiger partial charge in [0.15, 0.2) is 6.10 Å². The summed E-state index contributed by atoms with van der Waals surface area (Å²) >= 11 is 4.29. The van der Waals surface area contributed by atoms with Crippen molar-refractivity contribution in [1.29, 1.82) is 0 Å². The fourth-order valence-corrected chi connectivity index (χ4v) is 3.94. The van der Waals surface area contributed by atoms with Crippen LogP contribution in [0.4, 0.5) is 0 Å². The van der Waals surface area contributed by atoms with Crippen LogP contribution in [0.1, 0.15) is 30.1 Å². The molecular formula is C13H13I2NO3. The van der Waals surface area contributed by atoms with E-state index in [1.54, 1.807) is 6.07 Å². The lowest BCUT2D eigenvalue weighted by Crippen LogP contribution is -2.40. The first-order valence-electron chi connectivity index (χ1n) is 5.93. The summed E-state index contributed by atoms with van der Waals surface area (Å²) in [4.78, 5) is 25.7. The third-order valence-electron chi connectivity index (χ3n) is 2.96. The number of nitrogens with zero attached hydrogens (tertiary/aromatic N) is 1. The van der Waals surface area contributed by atoms with Gasteiger partial charge in [-0.3, -0.25) is 14.5 Å². The Kier molecular flexibility index (Phi) is 4.70. The molecule has 0 fully saturated rings. The van der Waals surface area contributed by atoms with Crippen molar-refractivity contribution in [2.45, 2.75) is 25.9 Å². The highest BCUT2D eigenvalue weighted by Crippen LogP contribution is 2.33. The second kappa shape index (κ2) is 5.94. The monoisotopic (exact) mass is 485 g/mol. The van der Waals surface area contributed by atoms with Gasteiger partial charge in [0, 0.05) is 10.6 Å². The molecule has 1 unspecified atom stereocenters. The highest BCUT2D eigenvalue weighted by Gasteiger charge is 2.34. The highest BCUT2D eigenvalue weighted by atomic mass is 127. The minimum Gasteiger partial charge on any atom is -0.479 e. The molecular weight excluding hydrogens is 472 g/mol. The van der Waals surface area contributed by atoms with Crippen LogP contribution in [0.2, 0.25) is 0 Å². The Morgan fingerprint density at radius 3 is 2.63 bits per heavy atom. The molecule has 0 saturated heterocycles. The fraction of sp³-hybridized carbons (Fsp3) is 0.385. The molecule has 0 spiro atoms. The van der Waals surface area contributed by atoms with Gasteiger partial charge >= 0.3 is 0 Å². The normalized spacial score (nSPS) is 18.9. The van der Waals surface area contributed by atoms with Gasteiger partial charge in [-0.05, 0) is 63.7 Å². The first-order chi connectivity index (χ1) is 8.95. The molecule has 19 heavy (non-hydrogen) atoms. The number of hydrogen-bond donors (Lipinski definition) is 0. The van der Waals surface area contributed by atoms with Crippen LogP contribution >= 0.6 is 45.2 Å². The number of amides is 2. The molecule has 2 rings (SSSR count). The molecule has 0 aromatic heterocycles. The Morgan fingerprint density at radius 2 is 2.00 bits per heavy atom. The molecule has 1 aliphatic rings. The van der Waals surface area contributed by atoms with E-state index in [9.17, 15) is 9.59 Å². The van der Waals surface area contributed by atoms with E-state index in [4.69, 9.17) is 4.74 Å². The summed E-state index contributed by atoms with van der Waals surface area (Å²) in [5, 5.41) is 0. The van der Waals surface area contributed by atoms with Crippen molar-refractivity contribution in [3.05, 3.63) is 24.8 Å². The summed E-state index contributed by atoms with van der Waals surface area (Å²) in [6, 6.07) is 3.70. The number of hydrogen-bond acceptors (Lipinski definition) is 3. The zero-order chi connectivity index (χ0) is 14.2. The van der Waals surface area contributed by atoms with Gasteiger partial charge in [0.1, 0.15) is 5.75 Å². The van der Waals surface area contributed by atoms with Crippen molar-refractivity contribution < 1.29 is 14.3 Å². The van der Waals surface area contributed by atoms with E-state index in [0.29, 0.717) is 17.7 Å². The number of carbonyl (C=O) groups excluding carboxylic acids is 2. The zero-order valence-corrected chi connectivity index (χ0v) is 14.9. The minimum absolute atomic E-state index is 0.270. The quantitative estimate of drug-likeness (QED) is 0.479. The van der Waals surface area contributed by atoms with Crippen molar-refractivity contribution in [1.82, 2.24) is 4.90 Å². The second-order valence-corrected chi connectivity index (χ2v) is 6.77. The Balaban J connectivity index is 2.55. The van der Waals surface area contributed by atoms with Crippen molar-refractivity contribution in [3.8, 4) is 5.75 Å². The van der Waals surface area contributed by atoms with Crippen molar-refractivity contribution in [2.75, 3.05) is 7.05 Å². The lowest BCUT2D eigenvalue weighted by Gasteiger charge is -2.18. The molecule has 1 atom stereocenters. The number of benzene rings is 1. The highest BCUT2D eigenvalue weighted by molar-refractivity contribution is 14.1. The number of imide groups is 1. The van der Waals surface area contributed by atoms with Crippen LogP contribution in [0.3, 0.4) is 0 Å². The molecule has 1 aliphatic heterocycles. The van der Waals surface area contributed by atoms with E-state index in [1.807, 2.05) is 13.0 Å². The van der Waals surface area contributed by atoms with Gasteiger partial charge in [-0.25, -0.2) is 0 Å². The molecule has 2 amide bonds. The maximum Gasteiger partial charge on any atom is 0.270 e. The van der Waals surface area contributed by atoms with Crippen LogP contribution in [0.5, 0.6) is 5.75 Å². The lowest BCUT2D eigenvalue weighted by atomic mass is 10.2. The Bertz CT molecular complexity index is 545. The number of likely N-dealkylation sites (N-methyl/N-ethyl adjacent to an activating group) is 1. The van der Waals surface area contributed by atoms with Gasteiger partial charge in [-0.2, -0.15) is 0 Å². The molecule has 0 radical (unpaired) electrons. The van der Waals surface area contributed by atoms with Crippen LogP contribution < -0.4 is 4.74 Å². The van der Waals surface area contributed by atoms with Crippen molar-refractivity contribution in [2.24, 2.45) is 0 Å². The molecule has 4 nitrogen and oxygen atoms in total. The molecule has 0 bridgehead atoms. The predicted molar refractivity (Wildman–Crippen MR) is 88.3 cm³/mol. The first-order valence-corrected chi connectivity index (χ1v) is 8.09. The second-order valence-electron chi connectivity index (χ2n) is 4.36. The number of rotatable bonds is 2. The molecule has 6 heteroatoms. The largest absolute Gasteiger partial charge is 0.479 e. The maximum atomic E-state index is 12.3. The van der Waals surface area contributed by atoms with Crippen molar-refractivity contribution >= 4 is 57.0 Å². The van der Waals surface area contributed by atoms with E-state index in [1.165, 1.54) is 7.05 Å². The van der Waals surface area contributed by atoms with Gasteiger partial charge in [-0.15, -0.1) is 0 Å². The number of carbonyl (C=O) groups is 2. The van der Waals surface area contributed by atoms with E-state index in [0.717, 1.165) is 18.5 Å². The fourth-order valence-electron chi connectivity index (χ4n) is 1.97. The summed E-state index contributed by atoms with van der Waals surface area (Å²) in [6.45, 7) is 1.99. The topological polar surface area (TPSA) is 46.6 Å². The van der Waals surface area contributed by atoms with Gasteiger partial charge in [0.05, 0.1) is 9.13 Å². The Labute approximate surface area is 139 Å². The molecule has 0 saturated carbocycles. The summed E-state index contributed by atoms with van der Waals surface area (Å²) in [7, 11) is 1.51. The average molecular weight is 485 g/mol. The van der Waals surface area contributed by atoms with Crippen LogP contribution in [0.25, 0.3) is 0 Å². The number of halogens is 2. The number of fused-ring (bicyclic) bond motifs is 1. The minimum atomic E-state index is -0.575. The Morgan fingerprint density at radius 1 is 1.32 bits per heavy atom. The maximum absolute atomic E-state index is 12.3. The van der Waals surface area contributed by atoms with Crippen LogP contribution in [0, 0.1) is 7.14 Å². The van der Waals surface area contributed by atoms with Gasteiger partial charge in [0.25, 0.3) is 11.8 Å². The molecule has 1 heterocycles. The summed E-state index contributed by atoms with van der Waals surface area (Å²) < 4.78 is 7.62. The predicted octanol–water partition coefficient (Wildman–Crippen LogP) is 3.06. The molecule has 1 aromatic rings. The van der Waals surface area contributed by atoms with E-state index in [-0.39, 0.29) is 11.8 Å². The van der Waals surface area contributed by atoms with E-state index in [2.05, 4.69) is 45.2 Å².